The van der Waals surface area contributed by atoms with Crippen molar-refractivity contribution in [1.29, 1.82) is 0 Å². The second-order valence-corrected chi connectivity index (χ2v) is 13.8. The molecule has 1 aromatic heterocycles. The molecule has 3 aromatic carbocycles. The van der Waals surface area contributed by atoms with Gasteiger partial charge in [-0.2, -0.15) is 0 Å². The Morgan fingerprint density at radius 2 is 1.54 bits per heavy atom. The van der Waals surface area contributed by atoms with Gasteiger partial charge in [-0.1, -0.05) is 98.8 Å². The van der Waals surface area contributed by atoms with Crippen molar-refractivity contribution in [3.63, 3.8) is 0 Å². The Balaban J connectivity index is 0.896. The van der Waals surface area contributed by atoms with E-state index in [9.17, 15) is 24.9 Å². The fraction of sp³-hybridized carbons (Fsp3) is 0.463. The number of aliphatic hydroxyl groups excluding tert-OH is 1. The van der Waals surface area contributed by atoms with Crippen LogP contribution in [0, 0.1) is 5.92 Å². The number of H-pyrrole nitrogens is 1. The number of phenols is 1. The van der Waals surface area contributed by atoms with Gasteiger partial charge >= 0.3 is 5.97 Å². The van der Waals surface area contributed by atoms with E-state index in [2.05, 4.69) is 15.2 Å². The normalized spacial score (nSPS) is 15.9. The van der Waals surface area contributed by atoms with Crippen LogP contribution in [-0.4, -0.2) is 70.5 Å². The lowest BCUT2D eigenvalue weighted by Gasteiger charge is -2.33. The molecule has 0 bridgehead atoms. The van der Waals surface area contributed by atoms with Gasteiger partial charge in [-0.25, -0.2) is 4.79 Å². The highest BCUT2D eigenvalue weighted by molar-refractivity contribution is 5.87. The topological polar surface area (TPSA) is 135 Å². The maximum absolute atomic E-state index is 13.3. The van der Waals surface area contributed by atoms with Gasteiger partial charge in [0.05, 0.1) is 18.2 Å². The average molecular weight is 684 g/mol. The van der Waals surface area contributed by atoms with Gasteiger partial charge in [-0.05, 0) is 86.6 Å². The number of phenolic OH excluding ortho intramolecular Hbond substituents is 1. The van der Waals surface area contributed by atoms with E-state index in [0.29, 0.717) is 41.1 Å². The van der Waals surface area contributed by atoms with Crippen LogP contribution in [0.4, 0.5) is 0 Å². The van der Waals surface area contributed by atoms with E-state index in [1.165, 1.54) is 44.2 Å². The second kappa shape index (κ2) is 18.8. The molecule has 0 spiro atoms. The number of pyridine rings is 1. The minimum Gasteiger partial charge on any atom is -0.506 e. The number of fused-ring (bicyclic) bond motifs is 1. The lowest BCUT2D eigenvalue weighted by atomic mass is 9.87. The summed E-state index contributed by atoms with van der Waals surface area (Å²) in [5, 5.41) is 36.3. The average Bonchev–Trinajstić information content (AvgIpc) is 3.14. The fourth-order valence-corrected chi connectivity index (χ4v) is 6.95. The molecule has 2 heterocycles. The first-order valence-corrected chi connectivity index (χ1v) is 18.3. The first kappa shape index (κ1) is 37.2. The molecule has 1 aliphatic rings. The van der Waals surface area contributed by atoms with Crippen LogP contribution < -0.4 is 10.9 Å². The number of carbonyl (C=O) groups is 1. The molecule has 1 fully saturated rings. The highest BCUT2D eigenvalue weighted by atomic mass is 16.5. The number of hydrogen-bond donors (Lipinski definition) is 5. The number of piperidine rings is 1. The van der Waals surface area contributed by atoms with Crippen molar-refractivity contribution in [1.82, 2.24) is 15.2 Å². The number of hydrogen-bond acceptors (Lipinski definition) is 8. The summed E-state index contributed by atoms with van der Waals surface area (Å²) in [7, 11) is 0. The van der Waals surface area contributed by atoms with Gasteiger partial charge in [0.25, 0.3) is 0 Å². The maximum atomic E-state index is 13.3. The van der Waals surface area contributed by atoms with E-state index >= 15 is 0 Å². The summed E-state index contributed by atoms with van der Waals surface area (Å²) in [6.45, 7) is 4.72. The van der Waals surface area contributed by atoms with Crippen LogP contribution in [0.25, 0.3) is 10.9 Å². The highest BCUT2D eigenvalue weighted by Crippen LogP contribution is 2.30. The molecule has 50 heavy (non-hydrogen) atoms. The molecule has 1 saturated heterocycles. The Bertz CT molecular complexity index is 1670. The van der Waals surface area contributed by atoms with Crippen molar-refractivity contribution in [3.05, 3.63) is 112 Å². The molecule has 2 atom stereocenters. The molecule has 0 saturated carbocycles. The van der Waals surface area contributed by atoms with Crippen LogP contribution in [0.5, 0.6) is 5.75 Å². The summed E-state index contributed by atoms with van der Waals surface area (Å²) in [5.41, 5.74) is 0.453. The Kier molecular flexibility index (Phi) is 14.0. The standard InChI is InChI=1S/C41H53N3O6/c45-36-20-18-34(35-19-21-38(47)43-39(35)36)37(46)29-42-24-12-4-2-1-3-5-13-25-44-26-22-32(23-27-44)30-50-40(48)41(49,33-16-10-7-11-17-33)28-31-14-8-6-9-15-31/h6-11,14-21,32,37,42,45-46,49H,1-5,12-13,22-30H2,(H,43,47)/t37-,41?/m1/s1. The molecule has 0 aliphatic carbocycles. The number of aromatic hydroxyl groups is 1. The summed E-state index contributed by atoms with van der Waals surface area (Å²) < 4.78 is 5.79. The van der Waals surface area contributed by atoms with E-state index in [0.717, 1.165) is 57.4 Å². The van der Waals surface area contributed by atoms with Crippen molar-refractivity contribution in [2.24, 2.45) is 5.92 Å². The number of nitrogens with one attached hydrogen (secondary N) is 2. The number of aromatic nitrogens is 1. The van der Waals surface area contributed by atoms with Crippen molar-refractivity contribution >= 4 is 16.9 Å². The first-order valence-electron chi connectivity index (χ1n) is 18.3. The number of nitrogens with zero attached hydrogens (tertiary/aromatic N) is 1. The highest BCUT2D eigenvalue weighted by Gasteiger charge is 2.40. The summed E-state index contributed by atoms with van der Waals surface area (Å²) in [5.74, 6) is -0.275. The molecule has 5 rings (SSSR count). The number of aromatic amines is 1. The minimum absolute atomic E-state index is 0.00592. The predicted molar refractivity (Wildman–Crippen MR) is 197 cm³/mol. The van der Waals surface area contributed by atoms with Gasteiger partial charge in [0.15, 0.2) is 5.60 Å². The maximum Gasteiger partial charge on any atom is 0.343 e. The Morgan fingerprint density at radius 3 is 2.26 bits per heavy atom. The summed E-state index contributed by atoms with van der Waals surface area (Å²) in [6.07, 6.45) is 9.73. The van der Waals surface area contributed by atoms with Crippen LogP contribution in [0.2, 0.25) is 0 Å². The van der Waals surface area contributed by atoms with Crippen molar-refractivity contribution < 1.29 is 24.9 Å². The predicted octanol–water partition coefficient (Wildman–Crippen LogP) is 5.97. The lowest BCUT2D eigenvalue weighted by molar-refractivity contribution is -0.168. The van der Waals surface area contributed by atoms with Crippen molar-refractivity contribution in [2.75, 3.05) is 39.3 Å². The number of benzene rings is 3. The molecule has 268 valence electrons. The van der Waals surface area contributed by atoms with Gasteiger partial charge in [-0.15, -0.1) is 0 Å². The molecule has 0 radical (unpaired) electrons. The molecule has 1 aliphatic heterocycles. The summed E-state index contributed by atoms with van der Waals surface area (Å²) in [4.78, 5) is 30.1. The third kappa shape index (κ3) is 10.5. The third-order valence-electron chi connectivity index (χ3n) is 9.98. The van der Waals surface area contributed by atoms with E-state index < -0.39 is 17.7 Å². The third-order valence-corrected chi connectivity index (χ3v) is 9.98. The molecular weight excluding hydrogens is 630 g/mol. The van der Waals surface area contributed by atoms with E-state index in [1.807, 2.05) is 48.5 Å². The minimum atomic E-state index is -1.72. The molecule has 5 N–H and O–H groups in total. The van der Waals surface area contributed by atoms with E-state index in [1.54, 1.807) is 24.3 Å². The quantitative estimate of drug-likeness (QED) is 0.0603. The molecule has 9 nitrogen and oxygen atoms in total. The smallest absolute Gasteiger partial charge is 0.343 e. The number of carbonyl (C=O) groups excluding carboxylic acids is 1. The molecule has 9 heteroatoms. The van der Waals surface area contributed by atoms with Gasteiger partial charge < -0.3 is 35.3 Å². The molecule has 4 aromatic rings. The van der Waals surface area contributed by atoms with Crippen molar-refractivity contribution in [3.8, 4) is 5.75 Å². The first-order chi connectivity index (χ1) is 24.3. The van der Waals surface area contributed by atoms with Gasteiger partial charge in [0, 0.05) is 24.4 Å². The number of esters is 1. The van der Waals surface area contributed by atoms with Crippen LogP contribution in [-0.2, 0) is 21.6 Å². The SMILES string of the molecule is O=C(OCC1CCN(CCCCCCCCCNC[C@@H](O)c2ccc(O)c3[nH]c(=O)ccc23)CC1)C(O)(Cc1ccccc1)c1ccccc1. The molecular formula is C41H53N3O6. The second-order valence-electron chi connectivity index (χ2n) is 13.8. The van der Waals surface area contributed by atoms with E-state index in [4.69, 9.17) is 4.74 Å². The monoisotopic (exact) mass is 683 g/mol. The zero-order chi connectivity index (χ0) is 35.2. The van der Waals surface area contributed by atoms with E-state index in [-0.39, 0.29) is 17.7 Å². The number of likely N-dealkylation sites (tertiary alicyclic amines) is 1. The Morgan fingerprint density at radius 1 is 0.880 bits per heavy atom. The lowest BCUT2D eigenvalue weighted by Crippen LogP contribution is -2.41. The van der Waals surface area contributed by atoms with Gasteiger partial charge in [0.2, 0.25) is 5.56 Å². The van der Waals surface area contributed by atoms with Gasteiger partial charge in [0.1, 0.15) is 5.75 Å². The van der Waals surface area contributed by atoms with Gasteiger partial charge in [-0.3, -0.25) is 4.79 Å². The number of ether oxygens (including phenoxy) is 1. The zero-order valence-electron chi connectivity index (χ0n) is 29.1. The Labute approximate surface area is 295 Å². The van der Waals surface area contributed by atoms with Crippen LogP contribution in [0.15, 0.2) is 89.7 Å². The number of unbranched alkanes of at least 4 members (excludes halogenated alkanes) is 6. The fourth-order valence-electron chi connectivity index (χ4n) is 6.95. The van der Waals surface area contributed by atoms with Crippen LogP contribution >= 0.6 is 0 Å². The summed E-state index contributed by atoms with van der Waals surface area (Å²) >= 11 is 0. The largest absolute Gasteiger partial charge is 0.506 e. The zero-order valence-corrected chi connectivity index (χ0v) is 29.1. The number of rotatable bonds is 19. The van der Waals surface area contributed by atoms with Crippen LogP contribution in [0.3, 0.4) is 0 Å². The van der Waals surface area contributed by atoms with Crippen molar-refractivity contribution in [2.45, 2.75) is 75.9 Å². The molecule has 0 amide bonds. The summed E-state index contributed by atoms with van der Waals surface area (Å²) in [6, 6.07) is 24.9. The van der Waals surface area contributed by atoms with Crippen LogP contribution in [0.1, 0.15) is 80.6 Å². The number of aliphatic hydroxyl groups is 2. The Hall–Kier alpha value is -4.02. The molecule has 1 unspecified atom stereocenters.